The van der Waals surface area contributed by atoms with Crippen LogP contribution in [-0.2, 0) is 24.2 Å². The van der Waals surface area contributed by atoms with Crippen LogP contribution in [0.2, 0.25) is 5.02 Å². The molecule has 1 amide bonds. The van der Waals surface area contributed by atoms with Gasteiger partial charge in [-0.15, -0.1) is 0 Å². The van der Waals surface area contributed by atoms with Crippen LogP contribution in [0, 0.1) is 11.7 Å². The van der Waals surface area contributed by atoms with Gasteiger partial charge in [-0.3, -0.25) is 9.59 Å². The van der Waals surface area contributed by atoms with Crippen molar-refractivity contribution in [3.05, 3.63) is 29.0 Å². The summed E-state index contributed by atoms with van der Waals surface area (Å²) in [6.45, 7) is 1.38. The quantitative estimate of drug-likeness (QED) is 0.794. The fourth-order valence-corrected chi connectivity index (χ4v) is 4.47. The molecule has 1 aromatic rings. The van der Waals surface area contributed by atoms with Crippen LogP contribution in [0.1, 0.15) is 19.8 Å². The van der Waals surface area contributed by atoms with E-state index in [1.165, 1.54) is 13.0 Å². The van der Waals surface area contributed by atoms with Crippen molar-refractivity contribution in [2.45, 2.75) is 25.9 Å². The summed E-state index contributed by atoms with van der Waals surface area (Å²) in [5, 5.41) is 2.46. The molecular formula is C15H17ClFNO5S. The van der Waals surface area contributed by atoms with E-state index >= 15 is 0 Å². The molecule has 2 rings (SSSR count). The fourth-order valence-electron chi connectivity index (χ4n) is 2.39. The Labute approximate surface area is 144 Å². The minimum atomic E-state index is -3.07. The van der Waals surface area contributed by atoms with Crippen molar-refractivity contribution >= 4 is 39.0 Å². The first-order valence-corrected chi connectivity index (χ1v) is 9.52. The number of esters is 1. The smallest absolute Gasteiger partial charge is 0.306 e. The second-order valence-corrected chi connectivity index (χ2v) is 8.35. The third-order valence-electron chi connectivity index (χ3n) is 3.65. The normalized spacial score (nSPS) is 20.4. The van der Waals surface area contributed by atoms with Gasteiger partial charge in [0.25, 0.3) is 5.91 Å². The van der Waals surface area contributed by atoms with Gasteiger partial charge >= 0.3 is 5.97 Å². The van der Waals surface area contributed by atoms with E-state index in [0.717, 1.165) is 12.1 Å². The van der Waals surface area contributed by atoms with Gasteiger partial charge in [-0.1, -0.05) is 11.6 Å². The highest BCUT2D eigenvalue weighted by Crippen LogP contribution is 2.24. The third-order valence-corrected chi connectivity index (χ3v) is 5.80. The lowest BCUT2D eigenvalue weighted by Gasteiger charge is -2.15. The first-order chi connectivity index (χ1) is 11.2. The molecule has 1 saturated heterocycles. The number of nitrogens with one attached hydrogen (secondary N) is 1. The molecule has 1 aromatic carbocycles. The topological polar surface area (TPSA) is 89.5 Å². The van der Waals surface area contributed by atoms with E-state index in [0.29, 0.717) is 6.42 Å². The molecule has 24 heavy (non-hydrogen) atoms. The molecule has 1 aliphatic rings. The molecule has 9 heteroatoms. The standard InChI is InChI=1S/C15H17ClFNO5S/c1-9(15(20)18-13-3-2-11(17)7-12(13)16)23-14(19)6-10-4-5-24(21,22)8-10/h2-3,7,9-10H,4-6,8H2,1H3,(H,18,20)/t9-,10+/m1/s1. The summed E-state index contributed by atoms with van der Waals surface area (Å²) in [6.07, 6.45) is -0.714. The molecule has 132 valence electrons. The second-order valence-electron chi connectivity index (χ2n) is 5.72. The molecule has 1 N–H and O–H groups in total. The van der Waals surface area contributed by atoms with Crippen LogP contribution in [0.5, 0.6) is 0 Å². The Morgan fingerprint density at radius 2 is 2.17 bits per heavy atom. The van der Waals surface area contributed by atoms with Gasteiger partial charge in [0, 0.05) is 6.42 Å². The van der Waals surface area contributed by atoms with Gasteiger partial charge in [0.2, 0.25) is 0 Å². The summed E-state index contributed by atoms with van der Waals surface area (Å²) in [5.41, 5.74) is 0.202. The monoisotopic (exact) mass is 377 g/mol. The summed E-state index contributed by atoms with van der Waals surface area (Å²) in [5.74, 6) is -2.02. The summed E-state index contributed by atoms with van der Waals surface area (Å²) in [7, 11) is -3.07. The molecule has 0 aromatic heterocycles. The zero-order chi connectivity index (χ0) is 17.9. The molecular weight excluding hydrogens is 361 g/mol. The summed E-state index contributed by atoms with van der Waals surface area (Å²) in [6, 6.07) is 3.49. The Kier molecular flexibility index (Phi) is 5.82. The van der Waals surface area contributed by atoms with Gasteiger partial charge in [-0.25, -0.2) is 12.8 Å². The number of benzene rings is 1. The van der Waals surface area contributed by atoms with Crippen LogP contribution < -0.4 is 5.32 Å². The number of halogens is 2. The lowest BCUT2D eigenvalue weighted by atomic mass is 10.1. The first-order valence-electron chi connectivity index (χ1n) is 7.32. The van der Waals surface area contributed by atoms with Crippen molar-refractivity contribution in [3.8, 4) is 0 Å². The number of carbonyl (C=O) groups excluding carboxylic acids is 2. The summed E-state index contributed by atoms with van der Waals surface area (Å²) < 4.78 is 40.7. The van der Waals surface area contributed by atoms with Crippen molar-refractivity contribution in [2.24, 2.45) is 5.92 Å². The van der Waals surface area contributed by atoms with E-state index in [1.807, 2.05) is 0 Å². The lowest BCUT2D eigenvalue weighted by molar-refractivity contribution is -0.153. The summed E-state index contributed by atoms with van der Waals surface area (Å²) in [4.78, 5) is 23.8. The van der Waals surface area contributed by atoms with E-state index in [2.05, 4.69) is 5.32 Å². The maximum Gasteiger partial charge on any atom is 0.306 e. The summed E-state index contributed by atoms with van der Waals surface area (Å²) >= 11 is 5.80. The number of ether oxygens (including phenoxy) is 1. The fraction of sp³-hybridized carbons (Fsp3) is 0.467. The van der Waals surface area contributed by atoms with Crippen LogP contribution in [-0.4, -0.2) is 37.9 Å². The van der Waals surface area contributed by atoms with E-state index in [9.17, 15) is 22.4 Å². The minimum Gasteiger partial charge on any atom is -0.453 e. The highest BCUT2D eigenvalue weighted by Gasteiger charge is 2.30. The highest BCUT2D eigenvalue weighted by atomic mass is 35.5. The highest BCUT2D eigenvalue weighted by molar-refractivity contribution is 7.91. The van der Waals surface area contributed by atoms with Crippen LogP contribution >= 0.6 is 11.6 Å². The molecule has 1 heterocycles. The number of anilines is 1. The van der Waals surface area contributed by atoms with E-state index in [1.54, 1.807) is 0 Å². The van der Waals surface area contributed by atoms with Crippen molar-refractivity contribution in [3.63, 3.8) is 0 Å². The van der Waals surface area contributed by atoms with E-state index in [-0.39, 0.29) is 34.6 Å². The predicted octanol–water partition coefficient (Wildman–Crippen LogP) is 2.17. The average molecular weight is 378 g/mol. The van der Waals surface area contributed by atoms with Crippen LogP contribution in [0.4, 0.5) is 10.1 Å². The molecule has 2 atom stereocenters. The van der Waals surface area contributed by atoms with Crippen LogP contribution in [0.3, 0.4) is 0 Å². The lowest BCUT2D eigenvalue weighted by Crippen LogP contribution is -2.30. The van der Waals surface area contributed by atoms with Gasteiger partial charge in [-0.2, -0.15) is 0 Å². The number of amides is 1. The zero-order valence-corrected chi connectivity index (χ0v) is 14.5. The molecule has 0 spiro atoms. The molecule has 0 radical (unpaired) electrons. The Morgan fingerprint density at radius 1 is 1.46 bits per heavy atom. The van der Waals surface area contributed by atoms with E-state index in [4.69, 9.17) is 16.3 Å². The molecule has 0 unspecified atom stereocenters. The van der Waals surface area contributed by atoms with Crippen LogP contribution in [0.15, 0.2) is 18.2 Å². The minimum absolute atomic E-state index is 0.0260. The predicted molar refractivity (Wildman–Crippen MR) is 87.0 cm³/mol. The zero-order valence-electron chi connectivity index (χ0n) is 12.9. The maximum atomic E-state index is 13.0. The number of sulfone groups is 1. The number of hydrogen-bond donors (Lipinski definition) is 1. The van der Waals surface area contributed by atoms with Crippen molar-refractivity contribution in [1.82, 2.24) is 0 Å². The van der Waals surface area contributed by atoms with Crippen LogP contribution in [0.25, 0.3) is 0 Å². The van der Waals surface area contributed by atoms with Gasteiger partial charge < -0.3 is 10.1 Å². The largest absolute Gasteiger partial charge is 0.453 e. The molecule has 0 aliphatic carbocycles. The van der Waals surface area contributed by atoms with Gasteiger partial charge in [0.05, 0.1) is 22.2 Å². The number of rotatable bonds is 5. The van der Waals surface area contributed by atoms with Gasteiger partial charge in [-0.05, 0) is 37.5 Å². The van der Waals surface area contributed by atoms with Crippen molar-refractivity contribution in [1.29, 1.82) is 0 Å². The Bertz CT molecular complexity index is 752. The molecule has 0 saturated carbocycles. The van der Waals surface area contributed by atoms with E-state index < -0.39 is 33.6 Å². The Hall–Kier alpha value is -1.67. The Morgan fingerprint density at radius 3 is 2.75 bits per heavy atom. The average Bonchev–Trinajstić information content (AvgIpc) is 2.80. The second kappa shape index (κ2) is 7.48. The number of hydrogen-bond acceptors (Lipinski definition) is 5. The molecule has 0 bridgehead atoms. The third kappa shape index (κ3) is 5.17. The van der Waals surface area contributed by atoms with Gasteiger partial charge in [0.15, 0.2) is 15.9 Å². The maximum absolute atomic E-state index is 13.0. The molecule has 6 nitrogen and oxygen atoms in total. The number of carbonyl (C=O) groups is 2. The first kappa shape index (κ1) is 18.7. The van der Waals surface area contributed by atoms with Gasteiger partial charge in [0.1, 0.15) is 5.82 Å². The SMILES string of the molecule is C[C@@H](OC(=O)C[C@@H]1CCS(=O)(=O)C1)C(=O)Nc1ccc(F)cc1Cl. The molecule has 1 aliphatic heterocycles. The molecule has 1 fully saturated rings. The van der Waals surface area contributed by atoms with Crippen molar-refractivity contribution in [2.75, 3.05) is 16.8 Å². The Balaban J connectivity index is 1.86. The van der Waals surface area contributed by atoms with Crippen molar-refractivity contribution < 1.29 is 27.1 Å².